The third-order valence-corrected chi connectivity index (χ3v) is 5.36. The van der Waals surface area contributed by atoms with Gasteiger partial charge in [0.1, 0.15) is 0 Å². The maximum Gasteiger partial charge on any atom is 0.162 e. The molecule has 0 aromatic heterocycles. The quantitative estimate of drug-likeness (QED) is 0.873. The fourth-order valence-corrected chi connectivity index (χ4v) is 3.57. The van der Waals surface area contributed by atoms with Gasteiger partial charge in [0, 0.05) is 36.8 Å². The molecule has 3 rings (SSSR count). The SMILES string of the molecule is COc1ccc(N2CC[C@H](N)[C@@H](c3ccc(C)c(C)c3)C2)cc1OC.Cl. The first-order valence-corrected chi connectivity index (χ1v) is 8.83. The molecule has 1 aliphatic heterocycles. The highest BCUT2D eigenvalue weighted by Gasteiger charge is 2.28. The third kappa shape index (κ3) is 4.08. The number of piperidine rings is 1. The lowest BCUT2D eigenvalue weighted by molar-refractivity contribution is 0.354. The molecule has 0 aliphatic carbocycles. The van der Waals surface area contributed by atoms with Gasteiger partial charge in [-0.1, -0.05) is 18.2 Å². The summed E-state index contributed by atoms with van der Waals surface area (Å²) >= 11 is 0. The number of methoxy groups -OCH3 is 2. The molecule has 142 valence electrons. The first-order valence-electron chi connectivity index (χ1n) is 8.83. The Morgan fingerprint density at radius 1 is 0.962 bits per heavy atom. The van der Waals surface area contributed by atoms with Crippen LogP contribution in [-0.2, 0) is 0 Å². The van der Waals surface area contributed by atoms with Crippen LogP contribution < -0.4 is 20.1 Å². The van der Waals surface area contributed by atoms with Crippen molar-refractivity contribution >= 4 is 18.1 Å². The summed E-state index contributed by atoms with van der Waals surface area (Å²) in [6.07, 6.45) is 0.978. The van der Waals surface area contributed by atoms with Crippen molar-refractivity contribution in [3.63, 3.8) is 0 Å². The van der Waals surface area contributed by atoms with Crippen molar-refractivity contribution in [2.24, 2.45) is 5.73 Å². The zero-order valence-electron chi connectivity index (χ0n) is 16.0. The summed E-state index contributed by atoms with van der Waals surface area (Å²) < 4.78 is 10.8. The van der Waals surface area contributed by atoms with E-state index in [4.69, 9.17) is 15.2 Å². The van der Waals surface area contributed by atoms with Crippen molar-refractivity contribution < 1.29 is 9.47 Å². The Balaban J connectivity index is 0.00000243. The van der Waals surface area contributed by atoms with Crippen molar-refractivity contribution in [2.45, 2.75) is 32.2 Å². The van der Waals surface area contributed by atoms with E-state index in [1.54, 1.807) is 14.2 Å². The smallest absolute Gasteiger partial charge is 0.162 e. The molecule has 1 fully saturated rings. The first-order chi connectivity index (χ1) is 12.0. The van der Waals surface area contributed by atoms with Crippen LogP contribution in [0.3, 0.4) is 0 Å². The van der Waals surface area contributed by atoms with Crippen LogP contribution in [0.2, 0.25) is 0 Å². The number of hydrogen-bond acceptors (Lipinski definition) is 4. The van der Waals surface area contributed by atoms with Crippen LogP contribution >= 0.6 is 12.4 Å². The summed E-state index contributed by atoms with van der Waals surface area (Å²) in [6.45, 7) is 6.19. The minimum atomic E-state index is 0. The number of hydrogen-bond donors (Lipinski definition) is 1. The van der Waals surface area contributed by atoms with Crippen LogP contribution in [0.1, 0.15) is 29.0 Å². The number of anilines is 1. The van der Waals surface area contributed by atoms with Crippen LogP contribution in [0.15, 0.2) is 36.4 Å². The molecule has 0 bridgehead atoms. The van der Waals surface area contributed by atoms with Crippen molar-refractivity contribution in [1.82, 2.24) is 0 Å². The number of nitrogens with two attached hydrogens (primary N) is 1. The van der Waals surface area contributed by atoms with Gasteiger partial charge >= 0.3 is 0 Å². The second-order valence-corrected chi connectivity index (χ2v) is 6.89. The Morgan fingerprint density at radius 3 is 2.35 bits per heavy atom. The van der Waals surface area contributed by atoms with E-state index in [1.807, 2.05) is 12.1 Å². The van der Waals surface area contributed by atoms with Crippen molar-refractivity contribution in [3.05, 3.63) is 53.1 Å². The normalized spacial score (nSPS) is 19.7. The number of nitrogens with zero attached hydrogens (tertiary/aromatic N) is 1. The molecule has 1 heterocycles. The van der Waals surface area contributed by atoms with Gasteiger partial charge < -0.3 is 20.1 Å². The first kappa shape index (κ1) is 20.4. The Kier molecular flexibility index (Phi) is 6.79. The predicted octanol–water partition coefficient (Wildman–Crippen LogP) is 4.06. The Morgan fingerprint density at radius 2 is 1.69 bits per heavy atom. The lowest BCUT2D eigenvalue weighted by Gasteiger charge is -2.39. The van der Waals surface area contributed by atoms with Gasteiger partial charge in [-0.15, -0.1) is 12.4 Å². The highest BCUT2D eigenvalue weighted by Crippen LogP contribution is 2.35. The fourth-order valence-electron chi connectivity index (χ4n) is 3.57. The molecule has 1 saturated heterocycles. The lowest BCUT2D eigenvalue weighted by atomic mass is 9.85. The second-order valence-electron chi connectivity index (χ2n) is 6.89. The van der Waals surface area contributed by atoms with E-state index in [0.29, 0.717) is 5.92 Å². The average molecular weight is 377 g/mol. The van der Waals surface area contributed by atoms with E-state index in [2.05, 4.69) is 43.0 Å². The standard InChI is InChI=1S/C21H28N2O2.ClH/c1-14-5-6-16(11-15(14)2)18-13-23(10-9-19(18)22)17-7-8-20(24-3)21(12-17)25-4;/h5-8,11-12,18-19H,9-10,13,22H2,1-4H3;1H/t18-,19+;/m1./s1. The summed E-state index contributed by atoms with van der Waals surface area (Å²) in [5.74, 6) is 1.85. The molecule has 0 unspecified atom stereocenters. The number of aryl methyl sites for hydroxylation is 2. The van der Waals surface area contributed by atoms with Crippen LogP contribution in [0.5, 0.6) is 11.5 Å². The highest BCUT2D eigenvalue weighted by molar-refractivity contribution is 5.85. The van der Waals surface area contributed by atoms with Crippen LogP contribution in [0.4, 0.5) is 5.69 Å². The molecule has 1 aliphatic rings. The van der Waals surface area contributed by atoms with Crippen molar-refractivity contribution in [1.29, 1.82) is 0 Å². The van der Waals surface area contributed by atoms with Gasteiger partial charge in [-0.05, 0) is 49.1 Å². The summed E-state index contributed by atoms with van der Waals surface area (Å²) in [4.78, 5) is 2.39. The van der Waals surface area contributed by atoms with Gasteiger partial charge in [-0.3, -0.25) is 0 Å². The molecule has 0 amide bonds. The van der Waals surface area contributed by atoms with Crippen molar-refractivity contribution in [3.8, 4) is 11.5 Å². The molecule has 0 spiro atoms. The number of ether oxygens (including phenoxy) is 2. The Bertz CT molecular complexity index is 751. The molecule has 2 N–H and O–H groups in total. The van der Waals surface area contributed by atoms with E-state index in [0.717, 1.165) is 36.7 Å². The zero-order chi connectivity index (χ0) is 18.0. The van der Waals surface area contributed by atoms with Gasteiger partial charge in [0.15, 0.2) is 11.5 Å². The minimum absolute atomic E-state index is 0. The van der Waals surface area contributed by atoms with Gasteiger partial charge in [0.05, 0.1) is 14.2 Å². The predicted molar refractivity (Wildman–Crippen MR) is 110 cm³/mol. The molecule has 2 aromatic carbocycles. The number of benzene rings is 2. The van der Waals surface area contributed by atoms with Crippen molar-refractivity contribution in [2.75, 3.05) is 32.2 Å². The maximum absolute atomic E-state index is 6.47. The third-order valence-electron chi connectivity index (χ3n) is 5.36. The molecule has 2 atom stereocenters. The van der Waals surface area contributed by atoms with E-state index in [-0.39, 0.29) is 18.4 Å². The molecule has 2 aromatic rings. The van der Waals surface area contributed by atoms with Gasteiger partial charge in [0.2, 0.25) is 0 Å². The molecule has 0 saturated carbocycles. The van der Waals surface area contributed by atoms with E-state index >= 15 is 0 Å². The molecular formula is C21H29ClN2O2. The number of halogens is 1. The van der Waals surface area contributed by atoms with E-state index < -0.39 is 0 Å². The van der Waals surface area contributed by atoms with Gasteiger partial charge in [-0.25, -0.2) is 0 Å². The van der Waals surface area contributed by atoms with Gasteiger partial charge in [0.25, 0.3) is 0 Å². The van der Waals surface area contributed by atoms with Crippen LogP contribution in [0.25, 0.3) is 0 Å². The summed E-state index contributed by atoms with van der Waals surface area (Å²) in [6, 6.07) is 13.0. The topological polar surface area (TPSA) is 47.7 Å². The largest absolute Gasteiger partial charge is 0.493 e. The van der Waals surface area contributed by atoms with Crippen LogP contribution in [-0.4, -0.2) is 33.4 Å². The fraction of sp³-hybridized carbons (Fsp3) is 0.429. The summed E-state index contributed by atoms with van der Waals surface area (Å²) in [7, 11) is 3.33. The average Bonchev–Trinajstić information content (AvgIpc) is 2.64. The maximum atomic E-state index is 6.47. The van der Waals surface area contributed by atoms with Crippen LogP contribution in [0, 0.1) is 13.8 Å². The Hall–Kier alpha value is -1.91. The van der Waals surface area contributed by atoms with E-state index in [1.165, 1.54) is 16.7 Å². The highest BCUT2D eigenvalue weighted by atomic mass is 35.5. The zero-order valence-corrected chi connectivity index (χ0v) is 16.8. The molecule has 26 heavy (non-hydrogen) atoms. The Labute approximate surface area is 162 Å². The minimum Gasteiger partial charge on any atom is -0.493 e. The summed E-state index contributed by atoms with van der Waals surface area (Å²) in [5, 5.41) is 0. The molecular weight excluding hydrogens is 348 g/mol. The second kappa shape index (κ2) is 8.65. The number of rotatable bonds is 4. The monoisotopic (exact) mass is 376 g/mol. The lowest BCUT2D eigenvalue weighted by Crippen LogP contribution is -2.45. The molecule has 0 radical (unpaired) electrons. The molecule has 4 nitrogen and oxygen atoms in total. The van der Waals surface area contributed by atoms with E-state index in [9.17, 15) is 0 Å². The summed E-state index contributed by atoms with van der Waals surface area (Å²) in [5.41, 5.74) is 11.6. The van der Waals surface area contributed by atoms with Gasteiger partial charge in [-0.2, -0.15) is 0 Å². The molecule has 5 heteroatoms.